The maximum atomic E-state index is 12.9. The van der Waals surface area contributed by atoms with Crippen LogP contribution in [0.5, 0.6) is 0 Å². The molecule has 1 atom stereocenters. The number of nitrogens with zero attached hydrogens (tertiary/aromatic N) is 1. The number of nitrogens with one attached hydrogen (secondary N) is 1. The Balaban J connectivity index is 1.98. The van der Waals surface area contributed by atoms with Crippen molar-refractivity contribution in [3.63, 3.8) is 0 Å². The molecule has 0 aromatic heterocycles. The molecule has 1 aliphatic heterocycles. The van der Waals surface area contributed by atoms with E-state index in [1.165, 1.54) is 17.0 Å². The second-order valence-corrected chi connectivity index (χ2v) is 4.59. The Labute approximate surface area is 116 Å². The molecule has 1 aromatic rings. The van der Waals surface area contributed by atoms with E-state index in [0.717, 1.165) is 0 Å². The molecular weight excluding hydrogens is 263 g/mol. The molecule has 0 unspecified atom stereocenters. The molecule has 108 valence electrons. The first-order chi connectivity index (χ1) is 9.63. The van der Waals surface area contributed by atoms with Gasteiger partial charge in [0.05, 0.1) is 6.61 Å². The summed E-state index contributed by atoms with van der Waals surface area (Å²) in [5, 5.41) is 2.67. The zero-order valence-corrected chi connectivity index (χ0v) is 11.3. The number of methoxy groups -OCH3 is 1. The van der Waals surface area contributed by atoms with Gasteiger partial charge in [0.25, 0.3) is 0 Å². The van der Waals surface area contributed by atoms with E-state index < -0.39 is 5.92 Å². The number of hydrogen-bond acceptors (Lipinski definition) is 3. The van der Waals surface area contributed by atoms with Crippen LogP contribution in [0.15, 0.2) is 24.3 Å². The number of benzene rings is 1. The van der Waals surface area contributed by atoms with Crippen LogP contribution in [0.25, 0.3) is 0 Å². The Bertz CT molecular complexity index is 490. The Kier molecular flexibility index (Phi) is 4.68. The van der Waals surface area contributed by atoms with Gasteiger partial charge in [-0.1, -0.05) is 0 Å². The van der Waals surface area contributed by atoms with Gasteiger partial charge in [0, 0.05) is 25.9 Å². The molecule has 1 N–H and O–H groups in total. The molecule has 0 radical (unpaired) electrons. The number of anilines is 1. The summed E-state index contributed by atoms with van der Waals surface area (Å²) < 4.78 is 17.7. The van der Waals surface area contributed by atoms with Crippen molar-refractivity contribution >= 4 is 17.5 Å². The minimum absolute atomic E-state index is 0.244. The third-order valence-electron chi connectivity index (χ3n) is 3.27. The molecule has 0 spiro atoms. The molecule has 2 rings (SSSR count). The Morgan fingerprint density at radius 1 is 1.45 bits per heavy atom. The van der Waals surface area contributed by atoms with E-state index in [9.17, 15) is 14.0 Å². The predicted molar refractivity (Wildman–Crippen MR) is 71.7 cm³/mol. The molecule has 0 saturated carbocycles. The largest absolute Gasteiger partial charge is 0.383 e. The van der Waals surface area contributed by atoms with Crippen molar-refractivity contribution in [2.24, 2.45) is 5.92 Å². The van der Waals surface area contributed by atoms with Gasteiger partial charge in [-0.2, -0.15) is 0 Å². The van der Waals surface area contributed by atoms with Crippen LogP contribution in [0.2, 0.25) is 0 Å². The van der Waals surface area contributed by atoms with Gasteiger partial charge in [-0.05, 0) is 30.7 Å². The summed E-state index contributed by atoms with van der Waals surface area (Å²) in [6.45, 7) is 1.26. The highest BCUT2D eigenvalue weighted by Gasteiger charge is 2.37. The number of carbonyl (C=O) groups is 2. The van der Waals surface area contributed by atoms with E-state index in [-0.39, 0.29) is 17.6 Å². The van der Waals surface area contributed by atoms with Gasteiger partial charge in [-0.25, -0.2) is 4.39 Å². The average molecular weight is 280 g/mol. The molecule has 0 bridgehead atoms. The van der Waals surface area contributed by atoms with E-state index in [1.807, 2.05) is 0 Å². The minimum atomic E-state index is -0.670. The number of hydrogen-bond donors (Lipinski definition) is 1. The minimum Gasteiger partial charge on any atom is -0.383 e. The lowest BCUT2D eigenvalue weighted by Gasteiger charge is -2.16. The van der Waals surface area contributed by atoms with E-state index in [0.29, 0.717) is 31.8 Å². The lowest BCUT2D eigenvalue weighted by atomic mass is 10.1. The molecule has 20 heavy (non-hydrogen) atoms. The lowest BCUT2D eigenvalue weighted by molar-refractivity contribution is -0.132. The van der Waals surface area contributed by atoms with Gasteiger partial charge in [-0.15, -0.1) is 0 Å². The molecule has 1 fully saturated rings. The Hall–Kier alpha value is -1.95. The van der Waals surface area contributed by atoms with Crippen LogP contribution < -0.4 is 10.2 Å². The monoisotopic (exact) mass is 280 g/mol. The van der Waals surface area contributed by atoms with Gasteiger partial charge in [0.1, 0.15) is 11.7 Å². The van der Waals surface area contributed by atoms with E-state index in [1.54, 1.807) is 19.2 Å². The summed E-state index contributed by atoms with van der Waals surface area (Å²) in [4.78, 5) is 25.6. The predicted octanol–water partition coefficient (Wildman–Crippen LogP) is 0.941. The smallest absolute Gasteiger partial charge is 0.239 e. The topological polar surface area (TPSA) is 58.6 Å². The Morgan fingerprint density at radius 3 is 2.80 bits per heavy atom. The summed E-state index contributed by atoms with van der Waals surface area (Å²) in [7, 11) is 1.54. The number of halogens is 1. The average Bonchev–Trinajstić information content (AvgIpc) is 2.82. The van der Waals surface area contributed by atoms with Gasteiger partial charge < -0.3 is 15.0 Å². The van der Waals surface area contributed by atoms with Crippen LogP contribution in [0.1, 0.15) is 6.42 Å². The van der Waals surface area contributed by atoms with Crippen LogP contribution in [-0.2, 0) is 14.3 Å². The standard InChI is InChI=1S/C14H17FN2O3/c1-20-9-7-16-13(18)12-6-8-17(14(12)19)11-4-2-10(15)3-5-11/h2-5,12H,6-9H2,1H3,(H,16,18)/t12-/m0/s1. The second-order valence-electron chi connectivity index (χ2n) is 4.59. The highest BCUT2D eigenvalue weighted by Crippen LogP contribution is 2.25. The number of amides is 2. The maximum Gasteiger partial charge on any atom is 0.239 e. The van der Waals surface area contributed by atoms with Crippen molar-refractivity contribution < 1.29 is 18.7 Å². The molecule has 1 saturated heterocycles. The molecule has 1 heterocycles. The van der Waals surface area contributed by atoms with E-state index in [4.69, 9.17) is 4.74 Å². The number of rotatable bonds is 5. The molecule has 5 nitrogen and oxygen atoms in total. The van der Waals surface area contributed by atoms with E-state index in [2.05, 4.69) is 5.32 Å². The highest BCUT2D eigenvalue weighted by atomic mass is 19.1. The summed E-state index contributed by atoms with van der Waals surface area (Å²) in [6, 6.07) is 5.68. The highest BCUT2D eigenvalue weighted by molar-refractivity contribution is 6.09. The van der Waals surface area contributed by atoms with Crippen molar-refractivity contribution in [2.45, 2.75) is 6.42 Å². The second kappa shape index (κ2) is 6.47. The number of carbonyl (C=O) groups excluding carboxylic acids is 2. The van der Waals surface area contributed by atoms with Crippen molar-refractivity contribution in [2.75, 3.05) is 31.7 Å². The Morgan fingerprint density at radius 2 is 2.15 bits per heavy atom. The van der Waals surface area contributed by atoms with Gasteiger partial charge in [0.15, 0.2) is 0 Å². The van der Waals surface area contributed by atoms with Gasteiger partial charge >= 0.3 is 0 Å². The fourth-order valence-electron chi connectivity index (χ4n) is 2.20. The molecule has 1 aromatic carbocycles. The maximum absolute atomic E-state index is 12.9. The molecule has 2 amide bonds. The van der Waals surface area contributed by atoms with Gasteiger partial charge in [-0.3, -0.25) is 9.59 Å². The first-order valence-corrected chi connectivity index (χ1v) is 6.47. The van der Waals surface area contributed by atoms with Crippen LogP contribution in [0, 0.1) is 11.7 Å². The molecule has 1 aliphatic rings. The van der Waals surface area contributed by atoms with Crippen LogP contribution in [-0.4, -0.2) is 38.6 Å². The fraction of sp³-hybridized carbons (Fsp3) is 0.429. The zero-order valence-electron chi connectivity index (χ0n) is 11.3. The van der Waals surface area contributed by atoms with Crippen LogP contribution in [0.3, 0.4) is 0 Å². The van der Waals surface area contributed by atoms with Crippen molar-refractivity contribution in [3.05, 3.63) is 30.1 Å². The van der Waals surface area contributed by atoms with Gasteiger partial charge in [0.2, 0.25) is 11.8 Å². The lowest BCUT2D eigenvalue weighted by Crippen LogP contribution is -2.38. The normalized spacial score (nSPS) is 18.4. The SMILES string of the molecule is COCCNC(=O)[C@@H]1CCN(c2ccc(F)cc2)C1=O. The molecule has 6 heteroatoms. The van der Waals surface area contributed by atoms with Crippen LogP contribution >= 0.6 is 0 Å². The summed E-state index contributed by atoms with van der Waals surface area (Å²) in [6.07, 6.45) is 0.467. The first kappa shape index (κ1) is 14.5. The van der Waals surface area contributed by atoms with Crippen molar-refractivity contribution in [1.29, 1.82) is 0 Å². The fourth-order valence-corrected chi connectivity index (χ4v) is 2.20. The summed E-state index contributed by atoms with van der Waals surface area (Å²) in [5.41, 5.74) is 0.614. The molecular formula is C14H17FN2O3. The van der Waals surface area contributed by atoms with Crippen molar-refractivity contribution in [1.82, 2.24) is 5.32 Å². The summed E-state index contributed by atoms with van der Waals surface area (Å²) in [5.74, 6) is -1.55. The number of ether oxygens (including phenoxy) is 1. The first-order valence-electron chi connectivity index (χ1n) is 6.47. The summed E-state index contributed by atoms with van der Waals surface area (Å²) >= 11 is 0. The third kappa shape index (κ3) is 3.14. The van der Waals surface area contributed by atoms with Crippen LogP contribution in [0.4, 0.5) is 10.1 Å². The quantitative estimate of drug-likeness (QED) is 0.645. The van der Waals surface area contributed by atoms with Crippen molar-refractivity contribution in [3.8, 4) is 0 Å². The van der Waals surface area contributed by atoms with E-state index >= 15 is 0 Å². The third-order valence-corrected chi connectivity index (χ3v) is 3.27. The zero-order chi connectivity index (χ0) is 14.5. The molecule has 0 aliphatic carbocycles.